The molecule has 13 heavy (non-hydrogen) atoms. The second-order valence-corrected chi connectivity index (χ2v) is 4.28. The lowest BCUT2D eigenvalue weighted by atomic mass is 9.92. The summed E-state index contributed by atoms with van der Waals surface area (Å²) in [5, 5.41) is 0. The van der Waals surface area contributed by atoms with E-state index < -0.39 is 0 Å². The summed E-state index contributed by atoms with van der Waals surface area (Å²) in [6.45, 7) is 6.71. The molecule has 0 amide bonds. The van der Waals surface area contributed by atoms with Gasteiger partial charge in [-0.05, 0) is 36.3 Å². The zero-order valence-electron chi connectivity index (χ0n) is 9.13. The molecular weight excluding hydrogens is 160 g/mol. The lowest BCUT2D eigenvalue weighted by Crippen LogP contribution is -2.05. The van der Waals surface area contributed by atoms with Crippen molar-refractivity contribution in [1.29, 1.82) is 0 Å². The highest BCUT2D eigenvalue weighted by molar-refractivity contribution is 5.30. The Hall–Kier alpha value is -0.720. The first-order valence-electron chi connectivity index (χ1n) is 5.08. The van der Waals surface area contributed by atoms with E-state index in [1.165, 1.54) is 5.57 Å². The van der Waals surface area contributed by atoms with E-state index in [1.807, 2.05) is 0 Å². The van der Waals surface area contributed by atoms with Crippen molar-refractivity contribution in [3.63, 3.8) is 0 Å². The molecule has 0 heterocycles. The van der Waals surface area contributed by atoms with E-state index in [4.69, 9.17) is 4.74 Å². The molecule has 0 bridgehead atoms. The van der Waals surface area contributed by atoms with Crippen molar-refractivity contribution in [3.8, 4) is 0 Å². The fourth-order valence-electron chi connectivity index (χ4n) is 1.69. The minimum absolute atomic E-state index is 0.630. The minimum atomic E-state index is 0.630. The van der Waals surface area contributed by atoms with Crippen LogP contribution < -0.4 is 0 Å². The van der Waals surface area contributed by atoms with Crippen LogP contribution in [-0.2, 0) is 4.74 Å². The van der Waals surface area contributed by atoms with E-state index in [9.17, 15) is 0 Å². The van der Waals surface area contributed by atoms with Crippen LogP contribution in [0.1, 0.15) is 33.6 Å². The van der Waals surface area contributed by atoms with Gasteiger partial charge in [-0.2, -0.15) is 0 Å². The Morgan fingerprint density at radius 1 is 1.54 bits per heavy atom. The zero-order valence-corrected chi connectivity index (χ0v) is 9.13. The fourth-order valence-corrected chi connectivity index (χ4v) is 1.69. The Kier molecular flexibility index (Phi) is 3.58. The monoisotopic (exact) mass is 180 g/mol. The molecule has 1 nitrogen and oxygen atoms in total. The van der Waals surface area contributed by atoms with E-state index in [0.29, 0.717) is 11.8 Å². The van der Waals surface area contributed by atoms with Gasteiger partial charge >= 0.3 is 0 Å². The van der Waals surface area contributed by atoms with Gasteiger partial charge in [-0.15, -0.1) is 0 Å². The summed E-state index contributed by atoms with van der Waals surface area (Å²) >= 11 is 0. The Bertz CT molecular complexity index is 223. The van der Waals surface area contributed by atoms with Crippen molar-refractivity contribution in [2.24, 2.45) is 11.8 Å². The lowest BCUT2D eigenvalue weighted by Gasteiger charge is -2.19. The number of ether oxygens (including phenoxy) is 1. The number of hydrogen-bond acceptors (Lipinski definition) is 1. The summed E-state index contributed by atoms with van der Waals surface area (Å²) in [4.78, 5) is 0. The predicted molar refractivity (Wildman–Crippen MR) is 56.4 cm³/mol. The van der Waals surface area contributed by atoms with Gasteiger partial charge < -0.3 is 4.74 Å². The highest BCUT2D eigenvalue weighted by Crippen LogP contribution is 2.27. The van der Waals surface area contributed by atoms with E-state index >= 15 is 0 Å². The van der Waals surface area contributed by atoms with Crippen LogP contribution in [0.25, 0.3) is 0 Å². The molecule has 0 aromatic rings. The maximum atomic E-state index is 5.37. The lowest BCUT2D eigenvalue weighted by molar-refractivity contribution is 0.289. The first-order valence-corrected chi connectivity index (χ1v) is 5.08. The maximum Gasteiger partial charge on any atom is 0.118 e. The first kappa shape index (κ1) is 10.4. The van der Waals surface area contributed by atoms with Gasteiger partial charge in [0.15, 0.2) is 0 Å². The Balaban J connectivity index is 2.68. The van der Waals surface area contributed by atoms with Crippen LogP contribution in [0.4, 0.5) is 0 Å². The van der Waals surface area contributed by atoms with Gasteiger partial charge in [-0.3, -0.25) is 0 Å². The summed E-state index contributed by atoms with van der Waals surface area (Å²) in [6.07, 6.45) is 6.85. The second kappa shape index (κ2) is 4.50. The van der Waals surface area contributed by atoms with Gasteiger partial charge in [0.1, 0.15) is 5.76 Å². The van der Waals surface area contributed by atoms with Crippen molar-refractivity contribution in [2.75, 3.05) is 7.11 Å². The van der Waals surface area contributed by atoms with Crippen LogP contribution in [0.2, 0.25) is 0 Å². The van der Waals surface area contributed by atoms with Gasteiger partial charge in [-0.1, -0.05) is 26.8 Å². The molecule has 0 radical (unpaired) electrons. The van der Waals surface area contributed by atoms with Crippen LogP contribution in [-0.4, -0.2) is 7.11 Å². The highest BCUT2D eigenvalue weighted by atomic mass is 16.5. The molecule has 1 aliphatic rings. The van der Waals surface area contributed by atoms with Crippen LogP contribution >= 0.6 is 0 Å². The molecule has 0 N–H and O–H groups in total. The van der Waals surface area contributed by atoms with Crippen LogP contribution in [0.3, 0.4) is 0 Å². The summed E-state index contributed by atoms with van der Waals surface area (Å²) < 4.78 is 5.37. The molecule has 1 aliphatic carbocycles. The number of methoxy groups -OCH3 is 1. The minimum Gasteiger partial charge on any atom is -0.497 e. The molecule has 0 spiro atoms. The molecule has 0 aliphatic heterocycles. The topological polar surface area (TPSA) is 9.23 Å². The molecule has 1 atom stereocenters. The van der Waals surface area contributed by atoms with Crippen LogP contribution in [0, 0.1) is 11.8 Å². The Morgan fingerprint density at radius 2 is 2.23 bits per heavy atom. The molecule has 0 saturated heterocycles. The molecule has 1 rings (SSSR count). The summed E-state index contributed by atoms with van der Waals surface area (Å²) in [5.74, 6) is 2.43. The van der Waals surface area contributed by atoms with E-state index in [1.54, 1.807) is 7.11 Å². The second-order valence-electron chi connectivity index (χ2n) is 4.28. The first-order chi connectivity index (χ1) is 6.13. The molecule has 1 heteroatoms. The van der Waals surface area contributed by atoms with E-state index in [2.05, 4.69) is 32.9 Å². The number of hydrogen-bond donors (Lipinski definition) is 0. The van der Waals surface area contributed by atoms with Crippen molar-refractivity contribution in [3.05, 3.63) is 23.5 Å². The smallest absolute Gasteiger partial charge is 0.118 e. The molecule has 1 unspecified atom stereocenters. The van der Waals surface area contributed by atoms with Crippen LogP contribution in [0.15, 0.2) is 23.5 Å². The highest BCUT2D eigenvalue weighted by Gasteiger charge is 2.13. The van der Waals surface area contributed by atoms with Gasteiger partial charge in [0.25, 0.3) is 0 Å². The fraction of sp³-hybridized carbons (Fsp3) is 0.667. The van der Waals surface area contributed by atoms with Gasteiger partial charge in [0.05, 0.1) is 7.11 Å². The maximum absolute atomic E-state index is 5.37. The standard InChI is InChI=1S/C12H20O/c1-9(2)7-11-6-5-10(3)8-12(11)13-4/h6,8-10H,5,7H2,1-4H3. The third-order valence-electron chi connectivity index (χ3n) is 2.34. The SMILES string of the molecule is COC1=CC(C)CC=C1CC(C)C. The largest absolute Gasteiger partial charge is 0.497 e. The average Bonchev–Trinajstić information content (AvgIpc) is 2.07. The number of allylic oxidation sites excluding steroid dienone is 3. The van der Waals surface area contributed by atoms with Gasteiger partial charge in [-0.25, -0.2) is 0 Å². The van der Waals surface area contributed by atoms with Crippen molar-refractivity contribution < 1.29 is 4.74 Å². The third-order valence-corrected chi connectivity index (χ3v) is 2.34. The molecule has 0 fully saturated rings. The molecule has 0 aromatic carbocycles. The van der Waals surface area contributed by atoms with Gasteiger partial charge in [0, 0.05) is 0 Å². The van der Waals surface area contributed by atoms with E-state index in [0.717, 1.165) is 18.6 Å². The average molecular weight is 180 g/mol. The van der Waals surface area contributed by atoms with E-state index in [-0.39, 0.29) is 0 Å². The third kappa shape index (κ3) is 2.91. The van der Waals surface area contributed by atoms with Crippen LogP contribution in [0.5, 0.6) is 0 Å². The molecule has 0 aromatic heterocycles. The number of rotatable bonds is 3. The zero-order chi connectivity index (χ0) is 9.84. The van der Waals surface area contributed by atoms with Crippen molar-refractivity contribution in [1.82, 2.24) is 0 Å². The molecule has 0 saturated carbocycles. The Labute approximate surface area is 81.5 Å². The Morgan fingerprint density at radius 3 is 2.77 bits per heavy atom. The van der Waals surface area contributed by atoms with Gasteiger partial charge in [0.2, 0.25) is 0 Å². The quantitative estimate of drug-likeness (QED) is 0.645. The van der Waals surface area contributed by atoms with Crippen molar-refractivity contribution >= 4 is 0 Å². The normalized spacial score (nSPS) is 22.7. The van der Waals surface area contributed by atoms with Crippen molar-refractivity contribution in [2.45, 2.75) is 33.6 Å². The molecular formula is C12H20O. The molecule has 74 valence electrons. The summed E-state index contributed by atoms with van der Waals surface area (Å²) in [7, 11) is 1.76. The summed E-state index contributed by atoms with van der Waals surface area (Å²) in [6, 6.07) is 0. The predicted octanol–water partition coefficient (Wildman–Crippen LogP) is 3.53. The summed E-state index contributed by atoms with van der Waals surface area (Å²) in [5.41, 5.74) is 1.38.